The Hall–Kier alpha value is -2.97. The van der Waals surface area contributed by atoms with Crippen molar-refractivity contribution in [2.75, 3.05) is 11.9 Å². The third-order valence-corrected chi connectivity index (χ3v) is 6.01. The van der Waals surface area contributed by atoms with Crippen LogP contribution in [-0.4, -0.2) is 33.4 Å². The first-order valence-electron chi connectivity index (χ1n) is 9.08. The number of amides is 1. The van der Waals surface area contributed by atoms with Gasteiger partial charge in [-0.25, -0.2) is 9.97 Å². The van der Waals surface area contributed by atoms with Crippen LogP contribution in [-0.2, 0) is 0 Å². The summed E-state index contributed by atoms with van der Waals surface area (Å²) in [5.41, 5.74) is 1.64. The van der Waals surface area contributed by atoms with Gasteiger partial charge in [0.25, 0.3) is 5.91 Å². The number of benzene rings is 1. The van der Waals surface area contributed by atoms with E-state index in [-0.39, 0.29) is 11.9 Å². The SMILES string of the molecule is Cc1nc(Cl)cc(Oc2ccc3c(ccc4sc5c(c43)NC[C@H](C)NC5=O)n2)n1. The zero-order chi connectivity index (χ0) is 20.1. The normalized spacial score (nSPS) is 16.2. The fourth-order valence-corrected chi connectivity index (χ4v) is 4.74. The Morgan fingerprint density at radius 1 is 1.17 bits per heavy atom. The Bertz CT molecular complexity index is 1270. The molecule has 1 aromatic carbocycles. The van der Waals surface area contributed by atoms with Gasteiger partial charge in [-0.1, -0.05) is 11.6 Å². The zero-order valence-corrected chi connectivity index (χ0v) is 17.2. The number of aryl methyl sites for hydroxylation is 1. The van der Waals surface area contributed by atoms with E-state index in [4.69, 9.17) is 16.3 Å². The van der Waals surface area contributed by atoms with Crippen LogP contribution < -0.4 is 15.4 Å². The lowest BCUT2D eigenvalue weighted by molar-refractivity contribution is 0.0949. The molecule has 1 aliphatic heterocycles. The number of thiophene rings is 1. The summed E-state index contributed by atoms with van der Waals surface area (Å²) < 4.78 is 6.82. The quantitative estimate of drug-likeness (QED) is 0.458. The largest absolute Gasteiger partial charge is 0.421 e. The number of carbonyl (C=O) groups excluding carboxylic acids is 1. The van der Waals surface area contributed by atoms with E-state index in [1.807, 2.05) is 25.1 Å². The van der Waals surface area contributed by atoms with Crippen molar-refractivity contribution in [1.29, 1.82) is 0 Å². The number of rotatable bonds is 2. The number of halogens is 1. The standard InChI is InChI=1S/C20H16ClN5O2S/c1-9-8-22-18-17-11-3-6-15(28-16-7-14(21)24-10(2)25-16)26-12(11)4-5-13(17)29-19(18)20(27)23-9/h3-7,9,22H,8H2,1-2H3,(H,23,27)/t9-/m0/s1. The van der Waals surface area contributed by atoms with Crippen LogP contribution in [0.4, 0.5) is 5.69 Å². The van der Waals surface area contributed by atoms with Gasteiger partial charge in [0.1, 0.15) is 15.9 Å². The molecule has 4 aromatic rings. The highest BCUT2D eigenvalue weighted by atomic mass is 35.5. The predicted molar refractivity (Wildman–Crippen MR) is 114 cm³/mol. The first-order chi connectivity index (χ1) is 14.0. The van der Waals surface area contributed by atoms with Gasteiger partial charge in [-0.15, -0.1) is 11.3 Å². The maximum absolute atomic E-state index is 12.5. The van der Waals surface area contributed by atoms with E-state index in [1.54, 1.807) is 19.1 Å². The van der Waals surface area contributed by atoms with Crippen LogP contribution in [0.2, 0.25) is 5.15 Å². The van der Waals surface area contributed by atoms with Crippen LogP contribution in [0.25, 0.3) is 21.0 Å². The topological polar surface area (TPSA) is 89.0 Å². The number of nitrogens with one attached hydrogen (secondary N) is 2. The van der Waals surface area contributed by atoms with Gasteiger partial charge in [0.2, 0.25) is 11.8 Å². The van der Waals surface area contributed by atoms with Gasteiger partial charge in [0.05, 0.1) is 11.2 Å². The Morgan fingerprint density at radius 2 is 2.03 bits per heavy atom. The molecule has 2 N–H and O–H groups in total. The van der Waals surface area contributed by atoms with Crippen molar-refractivity contribution < 1.29 is 9.53 Å². The van der Waals surface area contributed by atoms with Crippen LogP contribution in [0, 0.1) is 6.92 Å². The smallest absolute Gasteiger partial charge is 0.263 e. The van der Waals surface area contributed by atoms with Crippen molar-refractivity contribution in [3.8, 4) is 11.8 Å². The molecule has 0 fully saturated rings. The molecule has 0 saturated heterocycles. The van der Waals surface area contributed by atoms with E-state index in [0.717, 1.165) is 26.7 Å². The molecule has 146 valence electrons. The summed E-state index contributed by atoms with van der Waals surface area (Å²) >= 11 is 7.46. The summed E-state index contributed by atoms with van der Waals surface area (Å²) in [6.07, 6.45) is 0. The van der Waals surface area contributed by atoms with Crippen molar-refractivity contribution in [2.24, 2.45) is 0 Å². The number of pyridine rings is 1. The second-order valence-corrected chi connectivity index (χ2v) is 8.33. The van der Waals surface area contributed by atoms with E-state index in [0.29, 0.717) is 34.2 Å². The van der Waals surface area contributed by atoms with Crippen molar-refractivity contribution in [2.45, 2.75) is 19.9 Å². The van der Waals surface area contributed by atoms with Crippen LogP contribution in [0.15, 0.2) is 30.3 Å². The molecule has 0 spiro atoms. The molecule has 0 radical (unpaired) electrons. The van der Waals surface area contributed by atoms with Gasteiger partial charge in [-0.3, -0.25) is 4.79 Å². The van der Waals surface area contributed by atoms with E-state index >= 15 is 0 Å². The summed E-state index contributed by atoms with van der Waals surface area (Å²) in [6, 6.07) is 9.27. The fraction of sp³-hybridized carbons (Fsp3) is 0.200. The third-order valence-electron chi connectivity index (χ3n) is 4.66. The van der Waals surface area contributed by atoms with Gasteiger partial charge in [0.15, 0.2) is 0 Å². The summed E-state index contributed by atoms with van der Waals surface area (Å²) in [6.45, 7) is 4.40. The molecule has 3 aromatic heterocycles. The molecule has 7 nitrogen and oxygen atoms in total. The minimum absolute atomic E-state index is 0.0456. The van der Waals surface area contributed by atoms with E-state index in [9.17, 15) is 4.79 Å². The Labute approximate surface area is 175 Å². The van der Waals surface area contributed by atoms with Crippen molar-refractivity contribution in [3.05, 3.63) is 46.2 Å². The molecule has 5 rings (SSSR count). The Kier molecular flexibility index (Phi) is 4.25. The summed E-state index contributed by atoms with van der Waals surface area (Å²) in [5, 5.41) is 8.70. The Morgan fingerprint density at radius 3 is 2.86 bits per heavy atom. The van der Waals surface area contributed by atoms with Crippen LogP contribution in [0.3, 0.4) is 0 Å². The predicted octanol–water partition coefficient (Wildman–Crippen LogP) is 4.54. The minimum atomic E-state index is -0.0456. The molecule has 4 heterocycles. The van der Waals surface area contributed by atoms with Gasteiger partial charge in [-0.05, 0) is 32.0 Å². The van der Waals surface area contributed by atoms with E-state index in [2.05, 4.69) is 25.6 Å². The molecule has 0 saturated carbocycles. The first kappa shape index (κ1) is 18.1. The molecule has 0 bridgehead atoms. The van der Waals surface area contributed by atoms with Crippen molar-refractivity contribution in [1.82, 2.24) is 20.3 Å². The summed E-state index contributed by atoms with van der Waals surface area (Å²) in [4.78, 5) is 26.1. The fourth-order valence-electron chi connectivity index (χ4n) is 3.43. The Balaban J connectivity index is 1.61. The van der Waals surface area contributed by atoms with E-state index in [1.165, 1.54) is 11.3 Å². The van der Waals surface area contributed by atoms with E-state index < -0.39 is 0 Å². The molecular formula is C20H16ClN5O2S. The van der Waals surface area contributed by atoms with Crippen LogP contribution in [0.1, 0.15) is 22.4 Å². The molecule has 0 unspecified atom stereocenters. The number of anilines is 1. The lowest BCUT2D eigenvalue weighted by Gasteiger charge is -2.10. The minimum Gasteiger partial charge on any atom is -0.421 e. The number of carbonyl (C=O) groups is 1. The van der Waals surface area contributed by atoms with Gasteiger partial charge >= 0.3 is 0 Å². The van der Waals surface area contributed by atoms with Gasteiger partial charge in [0, 0.05) is 40.2 Å². The second-order valence-electron chi connectivity index (χ2n) is 6.89. The molecular weight excluding hydrogens is 410 g/mol. The zero-order valence-electron chi connectivity index (χ0n) is 15.6. The number of nitrogens with zero attached hydrogens (tertiary/aromatic N) is 3. The van der Waals surface area contributed by atoms with Crippen molar-refractivity contribution in [3.63, 3.8) is 0 Å². The molecule has 1 atom stereocenters. The second kappa shape index (κ2) is 6.82. The lowest BCUT2D eigenvalue weighted by atomic mass is 10.1. The molecule has 1 amide bonds. The van der Waals surface area contributed by atoms with Gasteiger partial charge < -0.3 is 15.4 Å². The highest BCUT2D eigenvalue weighted by molar-refractivity contribution is 7.21. The summed E-state index contributed by atoms with van der Waals surface area (Å²) in [7, 11) is 0. The van der Waals surface area contributed by atoms with Crippen LogP contribution in [0.5, 0.6) is 11.8 Å². The highest BCUT2D eigenvalue weighted by Gasteiger charge is 2.24. The average Bonchev–Trinajstić information content (AvgIpc) is 2.98. The number of fused-ring (bicyclic) bond motifs is 5. The number of ether oxygens (including phenoxy) is 1. The monoisotopic (exact) mass is 425 g/mol. The first-order valence-corrected chi connectivity index (χ1v) is 10.3. The maximum Gasteiger partial charge on any atom is 0.263 e. The average molecular weight is 426 g/mol. The molecule has 1 aliphatic rings. The number of hydrogen-bond acceptors (Lipinski definition) is 7. The highest BCUT2D eigenvalue weighted by Crippen LogP contribution is 2.41. The molecule has 0 aliphatic carbocycles. The van der Waals surface area contributed by atoms with Crippen molar-refractivity contribution >= 4 is 55.5 Å². The van der Waals surface area contributed by atoms with Gasteiger partial charge in [-0.2, -0.15) is 4.98 Å². The molecule has 29 heavy (non-hydrogen) atoms. The third kappa shape index (κ3) is 3.24. The lowest BCUT2D eigenvalue weighted by Crippen LogP contribution is -2.34. The number of aromatic nitrogens is 3. The maximum atomic E-state index is 12.5. The summed E-state index contributed by atoms with van der Waals surface area (Å²) in [5.74, 6) is 1.23. The van der Waals surface area contributed by atoms with Crippen LogP contribution >= 0.6 is 22.9 Å². The molecule has 9 heteroatoms. The number of hydrogen-bond donors (Lipinski definition) is 2.